The SMILES string of the molecule is Cc1nc2cc(NCc3cc(F)c(F)cc3F)ccc2o1. The van der Waals surface area contributed by atoms with Crippen LogP contribution in [0.15, 0.2) is 34.7 Å². The first-order valence-corrected chi connectivity index (χ1v) is 6.27. The van der Waals surface area contributed by atoms with Crippen LogP contribution < -0.4 is 5.32 Å². The van der Waals surface area contributed by atoms with E-state index in [1.807, 2.05) is 0 Å². The molecule has 0 aliphatic carbocycles. The maximum Gasteiger partial charge on any atom is 0.192 e. The summed E-state index contributed by atoms with van der Waals surface area (Å²) in [6, 6.07) is 6.60. The maximum absolute atomic E-state index is 13.5. The molecule has 0 aliphatic rings. The molecule has 21 heavy (non-hydrogen) atoms. The average molecular weight is 292 g/mol. The van der Waals surface area contributed by atoms with Gasteiger partial charge in [-0.1, -0.05) is 0 Å². The maximum atomic E-state index is 13.5. The zero-order chi connectivity index (χ0) is 15.0. The molecule has 0 spiro atoms. The lowest BCUT2D eigenvalue weighted by Gasteiger charge is -2.08. The number of benzene rings is 2. The van der Waals surface area contributed by atoms with E-state index in [1.54, 1.807) is 25.1 Å². The number of anilines is 1. The van der Waals surface area contributed by atoms with Crippen molar-refractivity contribution in [3.8, 4) is 0 Å². The first-order valence-electron chi connectivity index (χ1n) is 6.27. The minimum atomic E-state index is -1.20. The highest BCUT2D eigenvalue weighted by atomic mass is 19.2. The van der Waals surface area contributed by atoms with E-state index in [9.17, 15) is 13.2 Å². The minimum Gasteiger partial charge on any atom is -0.441 e. The van der Waals surface area contributed by atoms with Gasteiger partial charge in [-0.15, -0.1) is 0 Å². The Balaban J connectivity index is 1.81. The monoisotopic (exact) mass is 292 g/mol. The molecule has 0 bridgehead atoms. The van der Waals surface area contributed by atoms with Crippen LogP contribution in [-0.4, -0.2) is 4.98 Å². The Kier molecular flexibility index (Phi) is 3.29. The Hall–Kier alpha value is -2.50. The highest BCUT2D eigenvalue weighted by molar-refractivity contribution is 5.77. The van der Waals surface area contributed by atoms with Gasteiger partial charge in [-0.2, -0.15) is 0 Å². The molecule has 0 saturated carbocycles. The van der Waals surface area contributed by atoms with Crippen molar-refractivity contribution in [3.05, 3.63) is 59.2 Å². The van der Waals surface area contributed by atoms with Gasteiger partial charge in [0.2, 0.25) is 0 Å². The zero-order valence-corrected chi connectivity index (χ0v) is 11.1. The van der Waals surface area contributed by atoms with Crippen LogP contribution in [0, 0.1) is 24.4 Å². The van der Waals surface area contributed by atoms with Crippen LogP contribution in [0.3, 0.4) is 0 Å². The number of aryl methyl sites for hydroxylation is 1. The first-order chi connectivity index (χ1) is 10.0. The van der Waals surface area contributed by atoms with E-state index in [1.165, 1.54) is 0 Å². The topological polar surface area (TPSA) is 38.1 Å². The van der Waals surface area contributed by atoms with E-state index in [0.29, 0.717) is 28.7 Å². The second kappa shape index (κ2) is 5.12. The van der Waals surface area contributed by atoms with Crippen LogP contribution >= 0.6 is 0 Å². The summed E-state index contributed by atoms with van der Waals surface area (Å²) in [7, 11) is 0. The molecule has 0 unspecified atom stereocenters. The van der Waals surface area contributed by atoms with Crippen LogP contribution in [0.1, 0.15) is 11.5 Å². The normalized spacial score (nSPS) is 11.0. The van der Waals surface area contributed by atoms with Crippen molar-refractivity contribution < 1.29 is 17.6 Å². The van der Waals surface area contributed by atoms with Gasteiger partial charge in [0, 0.05) is 30.8 Å². The van der Waals surface area contributed by atoms with Gasteiger partial charge >= 0.3 is 0 Å². The predicted octanol–water partition coefficient (Wildman–Crippen LogP) is 4.17. The standard InChI is InChI=1S/C15H11F3N2O/c1-8-20-14-5-10(2-3-15(14)21-8)19-7-9-4-12(17)13(18)6-11(9)16/h2-6,19H,7H2,1H3. The second-order valence-electron chi connectivity index (χ2n) is 4.63. The molecule has 1 aromatic heterocycles. The lowest BCUT2D eigenvalue weighted by atomic mass is 10.2. The van der Waals surface area contributed by atoms with Crippen LogP contribution in [0.4, 0.5) is 18.9 Å². The third-order valence-corrected chi connectivity index (χ3v) is 3.07. The van der Waals surface area contributed by atoms with Crippen molar-refractivity contribution in [2.75, 3.05) is 5.32 Å². The molecule has 0 radical (unpaired) electrons. The van der Waals surface area contributed by atoms with E-state index < -0.39 is 17.5 Å². The van der Waals surface area contributed by atoms with Gasteiger partial charge < -0.3 is 9.73 Å². The number of aromatic nitrogens is 1. The Morgan fingerprint density at radius 1 is 1.05 bits per heavy atom. The number of halogens is 3. The fraction of sp³-hybridized carbons (Fsp3) is 0.133. The molecule has 3 aromatic rings. The predicted molar refractivity (Wildman–Crippen MR) is 72.4 cm³/mol. The smallest absolute Gasteiger partial charge is 0.192 e. The molecule has 2 aromatic carbocycles. The fourth-order valence-corrected chi connectivity index (χ4v) is 2.05. The van der Waals surface area contributed by atoms with Gasteiger partial charge in [-0.25, -0.2) is 18.2 Å². The highest BCUT2D eigenvalue weighted by Gasteiger charge is 2.10. The summed E-state index contributed by atoms with van der Waals surface area (Å²) < 4.78 is 44.8. The lowest BCUT2D eigenvalue weighted by Crippen LogP contribution is -2.03. The van der Waals surface area contributed by atoms with E-state index in [0.717, 1.165) is 6.07 Å². The quantitative estimate of drug-likeness (QED) is 0.736. The molecule has 3 rings (SSSR count). The molecule has 108 valence electrons. The average Bonchev–Trinajstić information content (AvgIpc) is 2.80. The summed E-state index contributed by atoms with van der Waals surface area (Å²) in [5, 5.41) is 2.94. The van der Waals surface area contributed by atoms with Crippen molar-refractivity contribution >= 4 is 16.8 Å². The van der Waals surface area contributed by atoms with Gasteiger partial charge in [0.05, 0.1) is 0 Å². The third kappa shape index (κ3) is 2.69. The van der Waals surface area contributed by atoms with Crippen LogP contribution in [0.2, 0.25) is 0 Å². The zero-order valence-electron chi connectivity index (χ0n) is 11.1. The van der Waals surface area contributed by atoms with E-state index in [4.69, 9.17) is 4.42 Å². The van der Waals surface area contributed by atoms with E-state index >= 15 is 0 Å². The Morgan fingerprint density at radius 2 is 1.81 bits per heavy atom. The summed E-state index contributed by atoms with van der Waals surface area (Å²) in [4.78, 5) is 4.18. The Bertz CT molecular complexity index is 814. The number of rotatable bonds is 3. The summed E-state index contributed by atoms with van der Waals surface area (Å²) in [6.07, 6.45) is 0. The number of hydrogen-bond donors (Lipinski definition) is 1. The van der Waals surface area contributed by atoms with E-state index in [2.05, 4.69) is 10.3 Å². The Morgan fingerprint density at radius 3 is 2.62 bits per heavy atom. The molecule has 3 nitrogen and oxygen atoms in total. The van der Waals surface area contributed by atoms with Gasteiger partial charge in [0.25, 0.3) is 0 Å². The number of nitrogens with zero attached hydrogens (tertiary/aromatic N) is 1. The molecule has 0 amide bonds. The van der Waals surface area contributed by atoms with Crippen molar-refractivity contribution in [1.29, 1.82) is 0 Å². The molecule has 0 fully saturated rings. The number of fused-ring (bicyclic) bond motifs is 1. The van der Waals surface area contributed by atoms with Gasteiger partial charge in [0.1, 0.15) is 11.3 Å². The number of oxazole rings is 1. The van der Waals surface area contributed by atoms with E-state index in [-0.39, 0.29) is 12.1 Å². The molecule has 1 heterocycles. The lowest BCUT2D eigenvalue weighted by molar-refractivity contribution is 0.490. The summed E-state index contributed by atoms with van der Waals surface area (Å²) in [6.45, 7) is 1.77. The van der Waals surface area contributed by atoms with Gasteiger partial charge in [-0.3, -0.25) is 0 Å². The summed E-state index contributed by atoms with van der Waals surface area (Å²) in [5.74, 6) is -2.51. The minimum absolute atomic E-state index is 0.0331. The Labute approximate surface area is 118 Å². The summed E-state index contributed by atoms with van der Waals surface area (Å²) in [5.41, 5.74) is 2.05. The number of hydrogen-bond acceptors (Lipinski definition) is 3. The van der Waals surface area contributed by atoms with Crippen molar-refractivity contribution in [3.63, 3.8) is 0 Å². The molecule has 0 saturated heterocycles. The first kappa shape index (κ1) is 13.5. The molecular formula is C15H11F3N2O. The molecule has 6 heteroatoms. The van der Waals surface area contributed by atoms with Crippen LogP contribution in [0.5, 0.6) is 0 Å². The molecule has 1 N–H and O–H groups in total. The van der Waals surface area contributed by atoms with Crippen molar-refractivity contribution in [2.24, 2.45) is 0 Å². The van der Waals surface area contributed by atoms with Crippen molar-refractivity contribution in [1.82, 2.24) is 4.98 Å². The van der Waals surface area contributed by atoms with Gasteiger partial charge in [-0.05, 0) is 24.3 Å². The highest BCUT2D eigenvalue weighted by Crippen LogP contribution is 2.21. The fourth-order valence-electron chi connectivity index (χ4n) is 2.05. The van der Waals surface area contributed by atoms with Gasteiger partial charge in [0.15, 0.2) is 23.1 Å². The molecule has 0 atom stereocenters. The third-order valence-electron chi connectivity index (χ3n) is 3.07. The second-order valence-corrected chi connectivity index (χ2v) is 4.63. The largest absolute Gasteiger partial charge is 0.441 e. The summed E-state index contributed by atoms with van der Waals surface area (Å²) >= 11 is 0. The molecular weight excluding hydrogens is 281 g/mol. The molecule has 0 aliphatic heterocycles. The van der Waals surface area contributed by atoms with Crippen LogP contribution in [0.25, 0.3) is 11.1 Å². The van der Waals surface area contributed by atoms with Crippen LogP contribution in [-0.2, 0) is 6.54 Å². The van der Waals surface area contributed by atoms with Crippen molar-refractivity contribution in [2.45, 2.75) is 13.5 Å². The number of nitrogens with one attached hydrogen (secondary N) is 1.